The Balaban J connectivity index is 2.87. The Labute approximate surface area is 123 Å². The van der Waals surface area contributed by atoms with Crippen molar-refractivity contribution in [3.8, 4) is 0 Å². The minimum atomic E-state index is -1.16. The molecule has 0 atom stereocenters. The maximum Gasteiger partial charge on any atom is 0.337 e. The van der Waals surface area contributed by atoms with Gasteiger partial charge in [0.25, 0.3) is 0 Å². The van der Waals surface area contributed by atoms with Gasteiger partial charge in [-0.15, -0.1) is 0 Å². The Morgan fingerprint density at radius 2 is 2.05 bits per heavy atom. The zero-order chi connectivity index (χ0) is 15.3. The molecule has 0 saturated carbocycles. The molecule has 0 aliphatic rings. The number of hydrogen-bond acceptors (Lipinski definition) is 4. The number of carbonyl (C=O) groups excluding carboxylic acids is 2. The molecule has 2 N–H and O–H groups in total. The van der Waals surface area contributed by atoms with Gasteiger partial charge >= 0.3 is 18.0 Å². The second-order valence-corrected chi connectivity index (χ2v) is 4.77. The highest BCUT2D eigenvalue weighted by molar-refractivity contribution is 9.10. The van der Waals surface area contributed by atoms with E-state index in [4.69, 9.17) is 5.11 Å². The van der Waals surface area contributed by atoms with Gasteiger partial charge in [0.15, 0.2) is 0 Å². The molecule has 0 spiro atoms. The largest absolute Gasteiger partial charge is 0.478 e. The topological polar surface area (TPSA) is 95.9 Å². The van der Waals surface area contributed by atoms with Crippen molar-refractivity contribution in [3.63, 3.8) is 0 Å². The number of methoxy groups -OCH3 is 1. The van der Waals surface area contributed by atoms with Crippen LogP contribution in [0.25, 0.3) is 0 Å². The van der Waals surface area contributed by atoms with Gasteiger partial charge in [-0.25, -0.2) is 9.59 Å². The second-order valence-electron chi connectivity index (χ2n) is 3.86. The first kappa shape index (κ1) is 16.0. The van der Waals surface area contributed by atoms with Gasteiger partial charge in [0, 0.05) is 11.5 Å². The minimum Gasteiger partial charge on any atom is -0.478 e. The lowest BCUT2D eigenvalue weighted by atomic mass is 10.2. The zero-order valence-corrected chi connectivity index (χ0v) is 12.4. The molecule has 2 amide bonds. The number of carboxylic acids is 1. The number of carbonyl (C=O) groups is 3. The summed E-state index contributed by atoms with van der Waals surface area (Å²) in [5.41, 5.74) is 0.0848. The van der Waals surface area contributed by atoms with Gasteiger partial charge in [0.1, 0.15) is 6.54 Å². The summed E-state index contributed by atoms with van der Waals surface area (Å²) >= 11 is 3.19. The number of benzene rings is 1. The Morgan fingerprint density at radius 3 is 2.60 bits per heavy atom. The van der Waals surface area contributed by atoms with E-state index in [1.54, 1.807) is 6.07 Å². The van der Waals surface area contributed by atoms with Crippen molar-refractivity contribution in [2.24, 2.45) is 0 Å². The molecule has 0 bridgehead atoms. The van der Waals surface area contributed by atoms with Gasteiger partial charge in [0.2, 0.25) is 0 Å². The Morgan fingerprint density at radius 1 is 1.40 bits per heavy atom. The van der Waals surface area contributed by atoms with Crippen molar-refractivity contribution in [1.29, 1.82) is 0 Å². The van der Waals surface area contributed by atoms with Crippen LogP contribution in [0.2, 0.25) is 0 Å². The summed E-state index contributed by atoms with van der Waals surface area (Å²) in [7, 11) is 2.61. The maximum absolute atomic E-state index is 11.8. The number of amides is 2. The third-order valence-electron chi connectivity index (χ3n) is 2.39. The van der Waals surface area contributed by atoms with Crippen LogP contribution in [0.5, 0.6) is 0 Å². The van der Waals surface area contributed by atoms with Crippen LogP contribution in [0, 0.1) is 0 Å². The quantitative estimate of drug-likeness (QED) is 0.811. The molecule has 0 aliphatic carbocycles. The number of esters is 1. The highest BCUT2D eigenvalue weighted by atomic mass is 79.9. The highest BCUT2D eigenvalue weighted by Gasteiger charge is 2.17. The van der Waals surface area contributed by atoms with Crippen LogP contribution < -0.4 is 5.32 Å². The molecule has 1 rings (SSSR count). The third-order valence-corrected chi connectivity index (χ3v) is 2.89. The predicted octanol–water partition coefficient (Wildman–Crippen LogP) is 1.78. The fourth-order valence-electron chi connectivity index (χ4n) is 1.35. The van der Waals surface area contributed by atoms with E-state index in [2.05, 4.69) is 26.0 Å². The molecule has 0 radical (unpaired) electrons. The summed E-state index contributed by atoms with van der Waals surface area (Å²) in [6, 6.07) is 3.77. The van der Waals surface area contributed by atoms with Gasteiger partial charge in [-0.2, -0.15) is 0 Å². The van der Waals surface area contributed by atoms with Crippen LogP contribution >= 0.6 is 15.9 Å². The fraction of sp³-hybridized carbons (Fsp3) is 0.250. The Hall–Kier alpha value is -2.09. The molecule has 0 saturated heterocycles. The molecular weight excluding hydrogens is 332 g/mol. The number of urea groups is 1. The summed E-state index contributed by atoms with van der Waals surface area (Å²) < 4.78 is 5.06. The first-order valence-electron chi connectivity index (χ1n) is 5.47. The molecule has 0 unspecified atom stereocenters. The SMILES string of the molecule is COC(=O)CN(C)C(=O)Nc1cc(Br)ccc1C(=O)O. The predicted molar refractivity (Wildman–Crippen MR) is 74.8 cm³/mol. The van der Waals surface area contributed by atoms with E-state index in [9.17, 15) is 14.4 Å². The van der Waals surface area contributed by atoms with Crippen molar-refractivity contribution >= 4 is 39.6 Å². The smallest absolute Gasteiger partial charge is 0.337 e. The summed E-state index contributed by atoms with van der Waals surface area (Å²) in [6.07, 6.45) is 0. The number of carboxylic acid groups (broad SMARTS) is 1. The van der Waals surface area contributed by atoms with Crippen LogP contribution in [0.4, 0.5) is 10.5 Å². The standard InChI is InChI=1S/C12H13BrN2O5/c1-15(6-10(16)20-2)12(19)14-9-5-7(13)3-4-8(9)11(17)18/h3-5H,6H2,1-2H3,(H,14,19)(H,17,18). The monoisotopic (exact) mass is 344 g/mol. The van der Waals surface area contributed by atoms with Crippen LogP contribution in [-0.4, -0.2) is 48.7 Å². The third kappa shape index (κ3) is 4.23. The molecule has 0 aromatic heterocycles. The molecule has 0 heterocycles. The summed E-state index contributed by atoms with van der Waals surface area (Å²) in [4.78, 5) is 35.0. The molecule has 0 fully saturated rings. The zero-order valence-electron chi connectivity index (χ0n) is 10.8. The first-order valence-corrected chi connectivity index (χ1v) is 6.26. The Kier molecular flexibility index (Phi) is 5.51. The van der Waals surface area contributed by atoms with Crippen LogP contribution in [0.3, 0.4) is 0 Å². The number of likely N-dealkylation sites (N-methyl/N-ethyl adjacent to an activating group) is 1. The van der Waals surface area contributed by atoms with E-state index in [1.807, 2.05) is 0 Å². The highest BCUT2D eigenvalue weighted by Crippen LogP contribution is 2.21. The van der Waals surface area contributed by atoms with E-state index in [0.29, 0.717) is 4.47 Å². The molecule has 20 heavy (non-hydrogen) atoms. The average Bonchev–Trinajstić information content (AvgIpc) is 2.38. The Bertz CT molecular complexity index is 547. The van der Waals surface area contributed by atoms with Crippen molar-refractivity contribution in [3.05, 3.63) is 28.2 Å². The molecule has 1 aromatic carbocycles. The van der Waals surface area contributed by atoms with E-state index in [0.717, 1.165) is 4.90 Å². The average molecular weight is 345 g/mol. The molecule has 8 heteroatoms. The van der Waals surface area contributed by atoms with Gasteiger partial charge < -0.3 is 20.1 Å². The summed E-state index contributed by atoms with van der Waals surface area (Å²) in [5.74, 6) is -1.74. The number of nitrogens with zero attached hydrogens (tertiary/aromatic N) is 1. The normalized spacial score (nSPS) is 9.75. The van der Waals surface area contributed by atoms with Crippen LogP contribution in [0.15, 0.2) is 22.7 Å². The fourth-order valence-corrected chi connectivity index (χ4v) is 1.71. The number of ether oxygens (including phenoxy) is 1. The van der Waals surface area contributed by atoms with E-state index < -0.39 is 18.0 Å². The lowest BCUT2D eigenvalue weighted by Crippen LogP contribution is -2.36. The lowest BCUT2D eigenvalue weighted by molar-refractivity contribution is -0.140. The molecule has 1 aromatic rings. The number of halogens is 1. The van der Waals surface area contributed by atoms with E-state index in [-0.39, 0.29) is 17.8 Å². The first-order chi connectivity index (χ1) is 9.35. The van der Waals surface area contributed by atoms with Crippen molar-refractivity contribution < 1.29 is 24.2 Å². The molecule has 108 valence electrons. The lowest BCUT2D eigenvalue weighted by Gasteiger charge is -2.17. The van der Waals surface area contributed by atoms with Gasteiger partial charge in [-0.05, 0) is 18.2 Å². The number of anilines is 1. The number of hydrogen-bond donors (Lipinski definition) is 2. The number of aromatic carboxylic acids is 1. The van der Waals surface area contributed by atoms with Crippen molar-refractivity contribution in [1.82, 2.24) is 4.90 Å². The van der Waals surface area contributed by atoms with Crippen LogP contribution in [-0.2, 0) is 9.53 Å². The van der Waals surface area contributed by atoms with E-state index >= 15 is 0 Å². The van der Waals surface area contributed by atoms with Gasteiger partial charge in [0.05, 0.1) is 18.4 Å². The maximum atomic E-state index is 11.8. The number of rotatable bonds is 4. The minimum absolute atomic E-state index is 0.0481. The number of nitrogens with one attached hydrogen (secondary N) is 1. The summed E-state index contributed by atoms with van der Waals surface area (Å²) in [6.45, 7) is -0.237. The van der Waals surface area contributed by atoms with E-state index in [1.165, 1.54) is 26.3 Å². The second kappa shape index (κ2) is 6.90. The van der Waals surface area contributed by atoms with Gasteiger partial charge in [-0.1, -0.05) is 15.9 Å². The van der Waals surface area contributed by atoms with Crippen LogP contribution in [0.1, 0.15) is 10.4 Å². The van der Waals surface area contributed by atoms with Crippen molar-refractivity contribution in [2.75, 3.05) is 26.0 Å². The molecule has 0 aliphatic heterocycles. The summed E-state index contributed by atoms with van der Waals surface area (Å²) in [5, 5.41) is 11.5. The molecule has 7 nitrogen and oxygen atoms in total. The van der Waals surface area contributed by atoms with Crippen molar-refractivity contribution in [2.45, 2.75) is 0 Å². The van der Waals surface area contributed by atoms with Gasteiger partial charge in [-0.3, -0.25) is 4.79 Å². The molecular formula is C12H13BrN2O5.